The molecule has 8 heteroatoms. The molecule has 4 rings (SSSR count). The molecule has 1 unspecified atom stereocenters. The SMILES string of the molecule is Cc1ccc(I)c(C(=O)N2CCCOC2Cc2cnn(-c3ccc(F)cn3)c2)c1. The molecule has 0 spiro atoms. The van der Waals surface area contributed by atoms with Gasteiger partial charge >= 0.3 is 0 Å². The predicted octanol–water partition coefficient (Wildman–Crippen LogP) is 3.75. The van der Waals surface area contributed by atoms with Gasteiger partial charge < -0.3 is 9.64 Å². The molecule has 2 aromatic heterocycles. The number of hydrogen-bond donors (Lipinski definition) is 0. The van der Waals surface area contributed by atoms with Crippen molar-refractivity contribution in [2.24, 2.45) is 0 Å². The summed E-state index contributed by atoms with van der Waals surface area (Å²) in [5.74, 6) is 0.122. The number of halogens is 2. The van der Waals surface area contributed by atoms with Crippen molar-refractivity contribution in [3.63, 3.8) is 0 Å². The van der Waals surface area contributed by atoms with E-state index in [1.807, 2.05) is 31.3 Å². The van der Waals surface area contributed by atoms with Crippen LogP contribution < -0.4 is 0 Å². The Morgan fingerprint density at radius 3 is 2.97 bits per heavy atom. The number of benzene rings is 1. The monoisotopic (exact) mass is 506 g/mol. The molecule has 0 bridgehead atoms. The lowest BCUT2D eigenvalue weighted by atomic mass is 10.1. The number of hydrogen-bond acceptors (Lipinski definition) is 4. The standard InChI is InChI=1S/C21H20FIN4O2/c1-14-3-5-18(23)17(9-14)21(28)26-7-2-8-29-20(26)10-15-11-25-27(13-15)19-6-4-16(22)12-24-19/h3-6,9,11-13,20H,2,7-8,10H2,1H3. The maximum absolute atomic E-state index is 13.2. The van der Waals surface area contributed by atoms with E-state index >= 15 is 0 Å². The average molecular weight is 506 g/mol. The zero-order chi connectivity index (χ0) is 20.4. The zero-order valence-corrected chi connectivity index (χ0v) is 18.0. The van der Waals surface area contributed by atoms with Crippen molar-refractivity contribution in [1.29, 1.82) is 0 Å². The fourth-order valence-corrected chi connectivity index (χ4v) is 3.91. The molecule has 3 aromatic rings. The van der Waals surface area contributed by atoms with Crippen LogP contribution in [-0.4, -0.2) is 45.0 Å². The van der Waals surface area contributed by atoms with Crippen molar-refractivity contribution in [2.75, 3.05) is 13.2 Å². The van der Waals surface area contributed by atoms with Crippen LogP contribution in [0.3, 0.4) is 0 Å². The molecule has 3 heterocycles. The maximum Gasteiger partial charge on any atom is 0.256 e. The third-order valence-electron chi connectivity index (χ3n) is 4.81. The van der Waals surface area contributed by atoms with Gasteiger partial charge in [0.2, 0.25) is 0 Å². The lowest BCUT2D eigenvalue weighted by Crippen LogP contribution is -2.47. The number of aryl methyl sites for hydroxylation is 1. The fourth-order valence-electron chi connectivity index (χ4n) is 3.34. The summed E-state index contributed by atoms with van der Waals surface area (Å²) in [6.07, 6.45) is 5.69. The Balaban J connectivity index is 1.53. The third-order valence-corrected chi connectivity index (χ3v) is 5.75. The van der Waals surface area contributed by atoms with Crippen molar-refractivity contribution in [1.82, 2.24) is 19.7 Å². The van der Waals surface area contributed by atoms with E-state index in [0.717, 1.165) is 27.3 Å². The Labute approximate surface area is 181 Å². The van der Waals surface area contributed by atoms with Crippen molar-refractivity contribution in [3.05, 3.63) is 75.0 Å². The number of nitrogens with zero attached hydrogens (tertiary/aromatic N) is 4. The fraction of sp³-hybridized carbons (Fsp3) is 0.286. The van der Waals surface area contributed by atoms with Gasteiger partial charge in [-0.25, -0.2) is 14.1 Å². The number of rotatable bonds is 4. The Hall–Kier alpha value is -2.33. The van der Waals surface area contributed by atoms with Gasteiger partial charge in [-0.05, 0) is 65.8 Å². The largest absolute Gasteiger partial charge is 0.358 e. The van der Waals surface area contributed by atoms with Crippen LogP contribution in [0.5, 0.6) is 0 Å². The zero-order valence-electron chi connectivity index (χ0n) is 15.9. The van der Waals surface area contributed by atoms with Crippen LogP contribution in [0.15, 0.2) is 48.9 Å². The summed E-state index contributed by atoms with van der Waals surface area (Å²) in [6, 6.07) is 8.80. The molecule has 0 aliphatic carbocycles. The molecule has 0 radical (unpaired) electrons. The van der Waals surface area contributed by atoms with Gasteiger partial charge in [0, 0.05) is 22.7 Å². The first-order chi connectivity index (χ1) is 14.0. The van der Waals surface area contributed by atoms with Crippen molar-refractivity contribution in [2.45, 2.75) is 26.0 Å². The van der Waals surface area contributed by atoms with E-state index in [1.165, 1.54) is 6.07 Å². The summed E-state index contributed by atoms with van der Waals surface area (Å²) in [5, 5.41) is 4.31. The molecule has 1 saturated heterocycles. The van der Waals surface area contributed by atoms with Crippen molar-refractivity contribution >= 4 is 28.5 Å². The van der Waals surface area contributed by atoms with Gasteiger partial charge in [0.15, 0.2) is 5.82 Å². The van der Waals surface area contributed by atoms with Crippen LogP contribution in [0.1, 0.15) is 27.9 Å². The molecule has 6 nitrogen and oxygen atoms in total. The van der Waals surface area contributed by atoms with Crippen LogP contribution in [0.4, 0.5) is 4.39 Å². The molecule has 1 atom stereocenters. The Morgan fingerprint density at radius 1 is 1.31 bits per heavy atom. The maximum atomic E-state index is 13.2. The number of amides is 1. The quantitative estimate of drug-likeness (QED) is 0.506. The molecule has 0 saturated carbocycles. The van der Waals surface area contributed by atoms with Gasteiger partial charge in [0.25, 0.3) is 5.91 Å². The molecular formula is C21H20FIN4O2. The molecule has 1 aliphatic rings. The van der Waals surface area contributed by atoms with Crippen LogP contribution in [-0.2, 0) is 11.2 Å². The molecular weight excluding hydrogens is 486 g/mol. The summed E-state index contributed by atoms with van der Waals surface area (Å²) in [6.45, 7) is 3.25. The second-order valence-electron chi connectivity index (χ2n) is 6.99. The number of carbonyl (C=O) groups is 1. The van der Waals surface area contributed by atoms with Crippen LogP contribution >= 0.6 is 22.6 Å². The van der Waals surface area contributed by atoms with Crippen LogP contribution in [0.2, 0.25) is 0 Å². The highest BCUT2D eigenvalue weighted by Gasteiger charge is 2.29. The summed E-state index contributed by atoms with van der Waals surface area (Å²) in [7, 11) is 0. The molecule has 150 valence electrons. The highest BCUT2D eigenvalue weighted by atomic mass is 127. The highest BCUT2D eigenvalue weighted by Crippen LogP contribution is 2.22. The van der Waals surface area contributed by atoms with Gasteiger partial charge in [-0.2, -0.15) is 5.10 Å². The number of carbonyl (C=O) groups excluding carboxylic acids is 1. The lowest BCUT2D eigenvalue weighted by Gasteiger charge is -2.35. The van der Waals surface area contributed by atoms with Crippen LogP contribution in [0.25, 0.3) is 5.82 Å². The number of aromatic nitrogens is 3. The highest BCUT2D eigenvalue weighted by molar-refractivity contribution is 14.1. The lowest BCUT2D eigenvalue weighted by molar-refractivity contribution is -0.0762. The summed E-state index contributed by atoms with van der Waals surface area (Å²) in [4.78, 5) is 19.0. The minimum absolute atomic E-state index is 0.0182. The predicted molar refractivity (Wildman–Crippen MR) is 114 cm³/mol. The first-order valence-electron chi connectivity index (χ1n) is 9.35. The molecule has 0 N–H and O–H groups in total. The van der Waals surface area contributed by atoms with E-state index in [2.05, 4.69) is 32.7 Å². The minimum atomic E-state index is -0.392. The van der Waals surface area contributed by atoms with E-state index < -0.39 is 5.82 Å². The van der Waals surface area contributed by atoms with Gasteiger partial charge in [-0.15, -0.1) is 0 Å². The summed E-state index contributed by atoms with van der Waals surface area (Å²) < 4.78 is 21.5. The second-order valence-corrected chi connectivity index (χ2v) is 8.15. The smallest absolute Gasteiger partial charge is 0.256 e. The Bertz CT molecular complexity index is 1020. The van der Waals surface area contributed by atoms with E-state index in [0.29, 0.717) is 31.0 Å². The Morgan fingerprint density at radius 2 is 2.17 bits per heavy atom. The van der Waals surface area contributed by atoms with Crippen LogP contribution in [0, 0.1) is 16.3 Å². The van der Waals surface area contributed by atoms with E-state index in [-0.39, 0.29) is 12.1 Å². The molecule has 1 aromatic carbocycles. The average Bonchev–Trinajstić information content (AvgIpc) is 3.19. The summed E-state index contributed by atoms with van der Waals surface area (Å²) >= 11 is 2.20. The summed E-state index contributed by atoms with van der Waals surface area (Å²) in [5.41, 5.74) is 2.67. The molecule has 1 fully saturated rings. The van der Waals surface area contributed by atoms with Crippen molar-refractivity contribution < 1.29 is 13.9 Å². The third kappa shape index (κ3) is 4.48. The normalized spacial score (nSPS) is 16.8. The van der Waals surface area contributed by atoms with Crippen molar-refractivity contribution in [3.8, 4) is 5.82 Å². The van der Waals surface area contributed by atoms with Gasteiger partial charge in [-0.3, -0.25) is 4.79 Å². The van der Waals surface area contributed by atoms with E-state index in [4.69, 9.17) is 4.74 Å². The first kappa shape index (κ1) is 20.0. The van der Waals surface area contributed by atoms with Gasteiger partial charge in [0.05, 0.1) is 24.6 Å². The second kappa shape index (κ2) is 8.58. The van der Waals surface area contributed by atoms with E-state index in [1.54, 1.807) is 21.8 Å². The topological polar surface area (TPSA) is 60.3 Å². The number of ether oxygens (including phenoxy) is 1. The minimum Gasteiger partial charge on any atom is -0.358 e. The van der Waals surface area contributed by atoms with Gasteiger partial charge in [0.1, 0.15) is 12.0 Å². The molecule has 1 amide bonds. The first-order valence-corrected chi connectivity index (χ1v) is 10.4. The molecule has 1 aliphatic heterocycles. The van der Waals surface area contributed by atoms with Gasteiger partial charge in [-0.1, -0.05) is 11.6 Å². The Kier molecular flexibility index (Phi) is 5.91. The van der Waals surface area contributed by atoms with E-state index in [9.17, 15) is 9.18 Å². The number of pyridine rings is 1. The molecule has 29 heavy (non-hydrogen) atoms.